The normalized spacial score (nSPS) is 14.6. The number of fused-ring (bicyclic) bond motifs is 4. The van der Waals surface area contributed by atoms with Crippen molar-refractivity contribution in [1.29, 1.82) is 0 Å². The van der Waals surface area contributed by atoms with E-state index in [2.05, 4.69) is 36.5 Å². The summed E-state index contributed by atoms with van der Waals surface area (Å²) >= 11 is 0. The van der Waals surface area contributed by atoms with Crippen LogP contribution >= 0.6 is 0 Å². The van der Waals surface area contributed by atoms with Crippen LogP contribution in [0, 0.1) is 0 Å². The predicted octanol–water partition coefficient (Wildman–Crippen LogP) is 6.30. The summed E-state index contributed by atoms with van der Waals surface area (Å²) in [6.07, 6.45) is 3.13. The fourth-order valence-electron chi connectivity index (χ4n) is 6.14. The van der Waals surface area contributed by atoms with Gasteiger partial charge in [0, 0.05) is 6.54 Å². The molecule has 1 N–H and O–H groups in total. The van der Waals surface area contributed by atoms with Crippen LogP contribution in [0.1, 0.15) is 63.6 Å². The lowest BCUT2D eigenvalue weighted by Crippen LogP contribution is -2.44. The molecule has 39 heavy (non-hydrogen) atoms. The first-order valence-corrected chi connectivity index (χ1v) is 13.6. The highest BCUT2D eigenvalue weighted by Crippen LogP contribution is 2.51. The lowest BCUT2D eigenvalue weighted by molar-refractivity contribution is -0.125. The van der Waals surface area contributed by atoms with Crippen molar-refractivity contribution in [3.63, 3.8) is 0 Å². The maximum absolute atomic E-state index is 13.9. The van der Waals surface area contributed by atoms with Gasteiger partial charge >= 0.3 is 0 Å². The van der Waals surface area contributed by atoms with E-state index < -0.39 is 5.41 Å². The number of imide groups is 1. The van der Waals surface area contributed by atoms with E-state index in [0.29, 0.717) is 29.8 Å². The molecule has 2 aliphatic rings. The van der Waals surface area contributed by atoms with Gasteiger partial charge in [0.1, 0.15) is 5.41 Å². The molecule has 0 atom stereocenters. The SMILES string of the molecule is CCCNC(=O)C1(CCCc2ccc(N3C(=O)c4ccccc4C3=O)cc2)c2ccccc2-c2ccccc21. The molecule has 6 rings (SSSR count). The number of hydrogen-bond donors (Lipinski definition) is 1. The number of anilines is 1. The van der Waals surface area contributed by atoms with Gasteiger partial charge in [-0.3, -0.25) is 14.4 Å². The first-order valence-electron chi connectivity index (χ1n) is 13.6. The van der Waals surface area contributed by atoms with Gasteiger partial charge in [-0.1, -0.05) is 79.7 Å². The molecule has 5 nitrogen and oxygen atoms in total. The minimum absolute atomic E-state index is 0.0581. The highest BCUT2D eigenvalue weighted by molar-refractivity contribution is 6.34. The Kier molecular flexibility index (Phi) is 6.35. The van der Waals surface area contributed by atoms with Crippen LogP contribution < -0.4 is 10.2 Å². The van der Waals surface area contributed by atoms with Crippen LogP contribution in [0.25, 0.3) is 11.1 Å². The van der Waals surface area contributed by atoms with Crippen LogP contribution in [0.5, 0.6) is 0 Å². The number of benzene rings is 4. The van der Waals surface area contributed by atoms with Crippen molar-refractivity contribution in [3.8, 4) is 11.1 Å². The van der Waals surface area contributed by atoms with Gasteiger partial charge < -0.3 is 5.32 Å². The topological polar surface area (TPSA) is 66.5 Å². The summed E-state index contributed by atoms with van der Waals surface area (Å²) in [5.74, 6) is -0.522. The van der Waals surface area contributed by atoms with E-state index in [-0.39, 0.29) is 17.7 Å². The highest BCUT2D eigenvalue weighted by Gasteiger charge is 2.48. The van der Waals surface area contributed by atoms with E-state index in [9.17, 15) is 14.4 Å². The van der Waals surface area contributed by atoms with Crippen molar-refractivity contribution >= 4 is 23.4 Å². The van der Waals surface area contributed by atoms with E-state index >= 15 is 0 Å². The Morgan fingerprint density at radius 3 is 1.77 bits per heavy atom. The van der Waals surface area contributed by atoms with Gasteiger partial charge in [0.2, 0.25) is 5.91 Å². The number of nitrogens with one attached hydrogen (secondary N) is 1. The third kappa shape index (κ3) is 3.97. The zero-order valence-electron chi connectivity index (χ0n) is 21.9. The second-order valence-electron chi connectivity index (χ2n) is 10.3. The Morgan fingerprint density at radius 2 is 1.23 bits per heavy atom. The van der Waals surface area contributed by atoms with Crippen molar-refractivity contribution in [2.45, 2.75) is 38.0 Å². The van der Waals surface area contributed by atoms with E-state index in [1.807, 2.05) is 48.5 Å². The fourth-order valence-corrected chi connectivity index (χ4v) is 6.14. The molecule has 5 heteroatoms. The molecule has 4 aromatic rings. The molecular weight excluding hydrogens is 484 g/mol. The maximum atomic E-state index is 13.9. The zero-order chi connectivity index (χ0) is 27.0. The monoisotopic (exact) mass is 514 g/mol. The lowest BCUT2D eigenvalue weighted by atomic mass is 9.73. The second-order valence-corrected chi connectivity index (χ2v) is 10.3. The Balaban J connectivity index is 1.24. The molecule has 0 unspecified atom stereocenters. The fraction of sp³-hybridized carbons (Fsp3) is 0.206. The molecule has 0 radical (unpaired) electrons. The minimum atomic E-state index is -0.734. The molecule has 1 aliphatic carbocycles. The maximum Gasteiger partial charge on any atom is 0.266 e. The number of nitrogens with zero attached hydrogens (tertiary/aromatic N) is 1. The van der Waals surface area contributed by atoms with E-state index in [1.54, 1.807) is 24.3 Å². The van der Waals surface area contributed by atoms with E-state index in [0.717, 1.165) is 47.1 Å². The molecule has 3 amide bonds. The van der Waals surface area contributed by atoms with Crippen molar-refractivity contribution in [2.24, 2.45) is 0 Å². The van der Waals surface area contributed by atoms with E-state index in [4.69, 9.17) is 0 Å². The zero-order valence-corrected chi connectivity index (χ0v) is 21.9. The summed E-state index contributed by atoms with van der Waals surface area (Å²) in [5, 5.41) is 3.19. The van der Waals surface area contributed by atoms with Crippen LogP contribution in [0.4, 0.5) is 5.69 Å². The number of rotatable bonds is 8. The van der Waals surface area contributed by atoms with Crippen molar-refractivity contribution in [1.82, 2.24) is 5.32 Å². The summed E-state index contributed by atoms with van der Waals surface area (Å²) in [7, 11) is 0. The van der Waals surface area contributed by atoms with Gasteiger partial charge in [-0.05, 0) is 77.8 Å². The quantitative estimate of drug-likeness (QED) is 0.281. The molecule has 0 saturated carbocycles. The third-order valence-corrected chi connectivity index (χ3v) is 7.99. The predicted molar refractivity (Wildman–Crippen MR) is 153 cm³/mol. The summed E-state index contributed by atoms with van der Waals surface area (Å²) in [4.78, 5) is 40.8. The Morgan fingerprint density at radius 1 is 0.718 bits per heavy atom. The Bertz CT molecular complexity index is 1510. The van der Waals surface area contributed by atoms with E-state index in [1.165, 1.54) is 4.90 Å². The number of aryl methyl sites for hydroxylation is 1. The number of amides is 3. The van der Waals surface area contributed by atoms with Gasteiger partial charge in [-0.15, -0.1) is 0 Å². The van der Waals surface area contributed by atoms with Crippen LogP contribution in [-0.4, -0.2) is 24.3 Å². The smallest absolute Gasteiger partial charge is 0.266 e. The first kappa shape index (κ1) is 24.8. The van der Waals surface area contributed by atoms with Crippen molar-refractivity contribution < 1.29 is 14.4 Å². The van der Waals surface area contributed by atoms with Crippen LogP contribution in [0.3, 0.4) is 0 Å². The lowest BCUT2D eigenvalue weighted by Gasteiger charge is -2.31. The van der Waals surface area contributed by atoms with Crippen LogP contribution in [-0.2, 0) is 16.6 Å². The van der Waals surface area contributed by atoms with Crippen molar-refractivity contribution in [2.75, 3.05) is 11.4 Å². The molecule has 0 spiro atoms. The molecule has 0 saturated heterocycles. The van der Waals surface area contributed by atoms with Gasteiger partial charge in [0.05, 0.1) is 16.8 Å². The third-order valence-electron chi connectivity index (χ3n) is 7.99. The number of carbonyl (C=O) groups is 3. The molecule has 0 aromatic heterocycles. The Hall–Kier alpha value is -4.51. The molecule has 4 aromatic carbocycles. The highest BCUT2D eigenvalue weighted by atomic mass is 16.2. The average Bonchev–Trinajstić information content (AvgIpc) is 3.41. The minimum Gasteiger partial charge on any atom is -0.355 e. The molecule has 0 bridgehead atoms. The van der Waals surface area contributed by atoms with Gasteiger partial charge in [0.15, 0.2) is 0 Å². The standard InChI is InChI=1S/C34H30N2O3/c1-2-22-35-33(39)34(29-15-7-5-11-25(29)26-12-6-8-16-30(26)34)21-9-10-23-17-19-24(20-18-23)36-31(37)27-13-3-4-14-28(27)32(36)38/h3-8,11-20H,2,9-10,21-22H2,1H3,(H,35,39). The average molecular weight is 515 g/mol. The van der Waals surface area contributed by atoms with Crippen LogP contribution in [0.2, 0.25) is 0 Å². The summed E-state index contributed by atoms with van der Waals surface area (Å²) in [6.45, 7) is 2.71. The first-order chi connectivity index (χ1) is 19.1. The molecular formula is C34H30N2O3. The van der Waals surface area contributed by atoms with Gasteiger partial charge in [0.25, 0.3) is 11.8 Å². The second kappa shape index (κ2) is 9.99. The largest absolute Gasteiger partial charge is 0.355 e. The van der Waals surface area contributed by atoms with Crippen molar-refractivity contribution in [3.05, 3.63) is 125 Å². The molecule has 1 heterocycles. The van der Waals surface area contributed by atoms with Gasteiger partial charge in [-0.2, -0.15) is 0 Å². The summed E-state index contributed by atoms with van der Waals surface area (Å²) in [5.41, 5.74) is 6.21. The molecule has 1 aliphatic heterocycles. The molecule has 194 valence electrons. The molecule has 0 fully saturated rings. The van der Waals surface area contributed by atoms with Crippen LogP contribution in [0.15, 0.2) is 97.1 Å². The summed E-state index contributed by atoms with van der Waals surface area (Å²) in [6, 6.07) is 31.1. The Labute approximate surface area is 228 Å². The number of hydrogen-bond acceptors (Lipinski definition) is 3. The summed E-state index contributed by atoms with van der Waals surface area (Å²) < 4.78 is 0. The van der Waals surface area contributed by atoms with Gasteiger partial charge in [-0.25, -0.2) is 4.90 Å². The number of carbonyl (C=O) groups excluding carboxylic acids is 3.